The maximum atomic E-state index is 15.2. The van der Waals surface area contributed by atoms with Gasteiger partial charge in [-0.2, -0.15) is 0 Å². The molecule has 3 aliphatic heterocycles. The highest BCUT2D eigenvalue weighted by Crippen LogP contribution is 2.39. The van der Waals surface area contributed by atoms with Crippen molar-refractivity contribution in [3.8, 4) is 22.6 Å². The number of imide groups is 1. The number of ether oxygens (including phenoxy) is 2. The summed E-state index contributed by atoms with van der Waals surface area (Å²) in [7, 11) is 5.03. The Labute approximate surface area is 303 Å². The van der Waals surface area contributed by atoms with E-state index in [-0.39, 0.29) is 35.5 Å². The number of methoxy groups -OCH3 is 2. The second-order valence-corrected chi connectivity index (χ2v) is 14.1. The topological polar surface area (TPSA) is 122 Å². The zero-order chi connectivity index (χ0) is 37.1. The molecular weight excluding hydrogens is 665 g/mol. The van der Waals surface area contributed by atoms with Crippen LogP contribution >= 0.6 is 0 Å². The number of hydrogen-bond donors (Lipinski definition) is 2. The first-order valence-corrected chi connectivity index (χ1v) is 18.0. The van der Waals surface area contributed by atoms with Crippen molar-refractivity contribution in [1.82, 2.24) is 14.8 Å². The second-order valence-electron chi connectivity index (χ2n) is 14.1. The van der Waals surface area contributed by atoms with Gasteiger partial charge < -0.3 is 29.2 Å². The Kier molecular flexibility index (Phi) is 11.0. The molecule has 1 atom stereocenters. The van der Waals surface area contributed by atoms with Gasteiger partial charge in [0, 0.05) is 69.1 Å². The lowest BCUT2D eigenvalue weighted by Gasteiger charge is -2.35. The SMILES string of the molecule is COc1cc(-c2cn(C)c(=O)c(C)c2C)cc(OC)c1C=C1CCN(C(=O)CC2CCN(c3ccc(NC4CCC(=O)NC4=O)cc3F)CC2)CC1. The van der Waals surface area contributed by atoms with E-state index in [0.717, 1.165) is 47.9 Å². The summed E-state index contributed by atoms with van der Waals surface area (Å²) in [6, 6.07) is 8.27. The third kappa shape index (κ3) is 7.85. The number of hydrogen-bond acceptors (Lipinski definition) is 8. The molecule has 0 aliphatic carbocycles. The molecule has 3 saturated heterocycles. The van der Waals surface area contributed by atoms with Gasteiger partial charge in [-0.05, 0) is 99.4 Å². The Morgan fingerprint density at radius 3 is 2.23 bits per heavy atom. The van der Waals surface area contributed by atoms with E-state index in [1.807, 2.05) is 42.0 Å². The number of aryl methyl sites for hydroxylation is 1. The average molecular weight is 714 g/mol. The Morgan fingerprint density at radius 1 is 0.942 bits per heavy atom. The first-order chi connectivity index (χ1) is 24.9. The van der Waals surface area contributed by atoms with Crippen LogP contribution in [0.3, 0.4) is 0 Å². The molecule has 0 bridgehead atoms. The first-order valence-electron chi connectivity index (χ1n) is 18.0. The fourth-order valence-corrected chi connectivity index (χ4v) is 7.54. The molecule has 1 aromatic heterocycles. The minimum absolute atomic E-state index is 0.0179. The van der Waals surface area contributed by atoms with Gasteiger partial charge in [-0.25, -0.2) is 4.39 Å². The second kappa shape index (κ2) is 15.6. The van der Waals surface area contributed by atoms with Gasteiger partial charge in [0.05, 0.1) is 25.5 Å². The zero-order valence-electron chi connectivity index (χ0n) is 30.6. The number of carbonyl (C=O) groups is 3. The van der Waals surface area contributed by atoms with E-state index < -0.39 is 11.9 Å². The third-order valence-corrected chi connectivity index (χ3v) is 10.8. The van der Waals surface area contributed by atoms with Crippen molar-refractivity contribution < 1.29 is 28.2 Å². The molecule has 4 heterocycles. The lowest BCUT2D eigenvalue weighted by Crippen LogP contribution is -2.47. The maximum Gasteiger partial charge on any atom is 0.253 e. The summed E-state index contributed by atoms with van der Waals surface area (Å²) in [5, 5.41) is 5.34. The molecule has 1 unspecified atom stereocenters. The third-order valence-electron chi connectivity index (χ3n) is 10.8. The van der Waals surface area contributed by atoms with Gasteiger partial charge in [-0.15, -0.1) is 0 Å². The highest BCUT2D eigenvalue weighted by molar-refractivity contribution is 6.01. The number of benzene rings is 2. The average Bonchev–Trinajstić information content (AvgIpc) is 3.14. The molecule has 3 aromatic rings. The van der Waals surface area contributed by atoms with Crippen LogP contribution in [0.25, 0.3) is 17.2 Å². The summed E-state index contributed by atoms with van der Waals surface area (Å²) in [4.78, 5) is 53.3. The molecule has 11 nitrogen and oxygen atoms in total. The van der Waals surface area contributed by atoms with E-state index in [1.165, 1.54) is 11.6 Å². The van der Waals surface area contributed by atoms with Crippen LogP contribution in [0.2, 0.25) is 0 Å². The summed E-state index contributed by atoms with van der Waals surface area (Å²) >= 11 is 0. The summed E-state index contributed by atoms with van der Waals surface area (Å²) in [5.74, 6) is 0.699. The molecule has 3 amide bonds. The van der Waals surface area contributed by atoms with E-state index in [4.69, 9.17) is 9.47 Å². The van der Waals surface area contributed by atoms with Crippen LogP contribution in [0.4, 0.5) is 15.8 Å². The summed E-state index contributed by atoms with van der Waals surface area (Å²) in [6.07, 6.45) is 8.18. The molecule has 0 saturated carbocycles. The smallest absolute Gasteiger partial charge is 0.253 e. The van der Waals surface area contributed by atoms with Gasteiger partial charge in [0.1, 0.15) is 23.4 Å². The number of rotatable bonds is 9. The number of pyridine rings is 1. The van der Waals surface area contributed by atoms with E-state index in [2.05, 4.69) is 16.7 Å². The Morgan fingerprint density at radius 2 is 1.62 bits per heavy atom. The van der Waals surface area contributed by atoms with Gasteiger partial charge >= 0.3 is 0 Å². The molecule has 0 spiro atoms. The highest BCUT2D eigenvalue weighted by Gasteiger charge is 2.29. The van der Waals surface area contributed by atoms with Gasteiger partial charge in [0.15, 0.2) is 0 Å². The van der Waals surface area contributed by atoms with Crippen LogP contribution in [0, 0.1) is 25.6 Å². The molecule has 3 fully saturated rings. The first kappa shape index (κ1) is 36.7. The number of carbonyl (C=O) groups excluding carboxylic acids is 3. The van der Waals surface area contributed by atoms with Crippen LogP contribution < -0.4 is 30.6 Å². The number of likely N-dealkylation sites (tertiary alicyclic amines) is 1. The Balaban J connectivity index is 1.02. The van der Waals surface area contributed by atoms with Crippen molar-refractivity contribution in [3.05, 3.63) is 75.0 Å². The fourth-order valence-electron chi connectivity index (χ4n) is 7.54. The van der Waals surface area contributed by atoms with E-state index >= 15 is 4.39 Å². The predicted octanol–water partition coefficient (Wildman–Crippen LogP) is 5.36. The molecule has 2 aromatic carbocycles. The van der Waals surface area contributed by atoms with E-state index in [1.54, 1.807) is 38.0 Å². The van der Waals surface area contributed by atoms with Crippen molar-refractivity contribution >= 4 is 35.2 Å². The number of anilines is 2. The monoisotopic (exact) mass is 713 g/mol. The molecule has 3 aliphatic rings. The predicted molar refractivity (Wildman–Crippen MR) is 199 cm³/mol. The summed E-state index contributed by atoms with van der Waals surface area (Å²) in [5.41, 5.74) is 6.53. The van der Waals surface area contributed by atoms with Crippen molar-refractivity contribution in [1.29, 1.82) is 0 Å². The summed E-state index contributed by atoms with van der Waals surface area (Å²) in [6.45, 7) is 6.40. The molecule has 52 heavy (non-hydrogen) atoms. The van der Waals surface area contributed by atoms with Crippen molar-refractivity contribution in [3.63, 3.8) is 0 Å². The number of nitrogens with zero attached hydrogens (tertiary/aromatic N) is 3. The van der Waals surface area contributed by atoms with E-state index in [0.29, 0.717) is 67.5 Å². The summed E-state index contributed by atoms with van der Waals surface area (Å²) < 4.78 is 28.4. The molecular formula is C40H48FN5O6. The molecule has 276 valence electrons. The lowest BCUT2D eigenvalue weighted by molar-refractivity contribution is -0.134. The minimum atomic E-state index is -0.572. The van der Waals surface area contributed by atoms with Crippen molar-refractivity contribution in [2.24, 2.45) is 13.0 Å². The quantitative estimate of drug-likeness (QED) is 0.285. The fraction of sp³-hybridized carbons (Fsp3) is 0.450. The normalized spacial score (nSPS) is 18.3. The van der Waals surface area contributed by atoms with Crippen LogP contribution in [0.1, 0.15) is 61.6 Å². The molecule has 12 heteroatoms. The van der Waals surface area contributed by atoms with Gasteiger partial charge in [0.2, 0.25) is 17.7 Å². The number of amides is 3. The number of nitrogens with one attached hydrogen (secondary N) is 2. The van der Waals surface area contributed by atoms with Crippen LogP contribution in [-0.2, 0) is 21.4 Å². The van der Waals surface area contributed by atoms with Gasteiger partial charge in [-0.1, -0.05) is 5.57 Å². The Hall–Kier alpha value is -5.13. The van der Waals surface area contributed by atoms with Crippen LogP contribution in [0.15, 0.2) is 46.9 Å². The molecule has 6 rings (SSSR count). The maximum absolute atomic E-state index is 15.2. The standard InChI is InChI=1S/C40H48FN5O6/c1-24-25(2)40(50)44(3)23-31(24)28-20-35(51-4)30(36(21-28)52-5)18-26-12-16-46(17-13-26)38(48)19-27-10-14-45(15-11-27)34-8-6-29(22-32(34)41)42-33-7-9-37(47)43-39(33)49/h6,8,18,20-23,27,33,42H,7,9-17,19H2,1-5H3,(H,43,47,49). The molecule has 2 N–H and O–H groups in total. The van der Waals surface area contributed by atoms with Crippen LogP contribution in [-0.4, -0.2) is 73.6 Å². The number of aromatic nitrogens is 1. The lowest BCUT2D eigenvalue weighted by atomic mass is 9.91. The number of piperidine rings is 3. The van der Waals surface area contributed by atoms with Gasteiger partial charge in [0.25, 0.3) is 5.56 Å². The van der Waals surface area contributed by atoms with E-state index in [9.17, 15) is 19.2 Å². The van der Waals surface area contributed by atoms with Crippen molar-refractivity contribution in [2.75, 3.05) is 50.6 Å². The highest BCUT2D eigenvalue weighted by atomic mass is 19.1. The zero-order valence-corrected chi connectivity index (χ0v) is 30.6. The van der Waals surface area contributed by atoms with Gasteiger partial charge in [-0.3, -0.25) is 24.5 Å². The Bertz CT molecular complexity index is 1930. The molecule has 0 radical (unpaired) electrons. The largest absolute Gasteiger partial charge is 0.496 e. The number of halogens is 1. The van der Waals surface area contributed by atoms with Crippen LogP contribution in [0.5, 0.6) is 11.5 Å². The van der Waals surface area contributed by atoms with Crippen molar-refractivity contribution in [2.45, 2.75) is 64.8 Å². The minimum Gasteiger partial charge on any atom is -0.496 e.